The van der Waals surface area contributed by atoms with E-state index in [1.807, 2.05) is 0 Å². The maximum absolute atomic E-state index is 5.17. The molecule has 0 aromatic heterocycles. The van der Waals surface area contributed by atoms with Crippen molar-refractivity contribution in [3.05, 3.63) is 0 Å². The molecule has 0 spiro atoms. The van der Waals surface area contributed by atoms with Crippen LogP contribution < -0.4 is 0 Å². The van der Waals surface area contributed by atoms with E-state index in [1.54, 1.807) is 0 Å². The van der Waals surface area contributed by atoms with Gasteiger partial charge in [0.25, 0.3) is 8.05 Å². The second-order valence-corrected chi connectivity index (χ2v) is 2.10. The van der Waals surface area contributed by atoms with Gasteiger partial charge in [-0.3, -0.25) is 0 Å². The lowest BCUT2D eigenvalue weighted by atomic mass is 10.5. The normalized spacial score (nSPS) is 10.3. The molecule has 0 N–H and O–H groups in total. The Hall–Kier alpha value is -0.0551. The lowest BCUT2D eigenvalue weighted by Gasteiger charge is -2.03. The first-order valence-electron chi connectivity index (χ1n) is 3.89. The van der Waals surface area contributed by atoms with Crippen LogP contribution in [0.4, 0.5) is 0 Å². The maximum Gasteiger partial charge on any atom is 0.282 e. The second kappa shape index (κ2) is 9.94. The largest absolute Gasteiger partial charge is 0.445 e. The number of hydrogen-bond donors (Lipinski definition) is 0. The average molecular weight is 158 g/mol. The van der Waals surface area contributed by atoms with Crippen molar-refractivity contribution < 1.29 is 14.1 Å². The molecule has 0 aliphatic rings. The Bertz CT molecular complexity index is 62.7. The summed E-state index contributed by atoms with van der Waals surface area (Å²) in [6, 6.07) is 0. The number of hydrogen-bond acceptors (Lipinski definition) is 3. The summed E-state index contributed by atoms with van der Waals surface area (Å²) >= 11 is 0. The van der Waals surface area contributed by atoms with E-state index in [9.17, 15) is 0 Å². The molecular weight excluding hydrogens is 143 g/mol. The van der Waals surface area contributed by atoms with Gasteiger partial charge in [0.1, 0.15) is 0 Å². The highest BCUT2D eigenvalue weighted by atomic mass is 16.5. The van der Waals surface area contributed by atoms with Gasteiger partial charge < -0.3 is 14.1 Å². The van der Waals surface area contributed by atoms with Crippen molar-refractivity contribution in [2.75, 3.05) is 33.0 Å². The zero-order valence-electron chi connectivity index (χ0n) is 7.04. The van der Waals surface area contributed by atoms with Crippen LogP contribution in [-0.2, 0) is 14.1 Å². The Morgan fingerprint density at radius 1 is 0.909 bits per heavy atom. The van der Waals surface area contributed by atoms with Gasteiger partial charge in [0.05, 0.1) is 26.4 Å². The highest BCUT2D eigenvalue weighted by molar-refractivity contribution is 5.97. The van der Waals surface area contributed by atoms with Crippen LogP contribution in [0.2, 0.25) is 0 Å². The Labute approximate surface area is 69.5 Å². The van der Waals surface area contributed by atoms with Crippen LogP contribution in [0.5, 0.6) is 0 Å². The SMILES string of the molecule is [B]OCCOCCOCCC. The fourth-order valence-corrected chi connectivity index (χ4v) is 0.573. The molecule has 0 atom stereocenters. The smallest absolute Gasteiger partial charge is 0.282 e. The molecule has 3 nitrogen and oxygen atoms in total. The molecule has 2 radical (unpaired) electrons. The molecule has 0 aliphatic carbocycles. The summed E-state index contributed by atoms with van der Waals surface area (Å²) in [7, 11) is 4.78. The average Bonchev–Trinajstić information content (AvgIpc) is 2.03. The predicted molar refractivity (Wildman–Crippen MR) is 43.6 cm³/mol. The third-order valence-corrected chi connectivity index (χ3v) is 1.07. The minimum Gasteiger partial charge on any atom is -0.445 e. The fraction of sp³-hybridized carbons (Fsp3) is 1.00. The first-order chi connectivity index (χ1) is 5.41. The molecule has 11 heavy (non-hydrogen) atoms. The quantitative estimate of drug-likeness (QED) is 0.381. The van der Waals surface area contributed by atoms with Crippen molar-refractivity contribution in [3.63, 3.8) is 0 Å². The molecule has 64 valence electrons. The van der Waals surface area contributed by atoms with Crippen molar-refractivity contribution in [1.82, 2.24) is 0 Å². The monoisotopic (exact) mass is 158 g/mol. The molecule has 4 heteroatoms. The van der Waals surface area contributed by atoms with E-state index in [1.165, 1.54) is 0 Å². The molecule has 0 amide bonds. The first-order valence-corrected chi connectivity index (χ1v) is 3.89. The van der Waals surface area contributed by atoms with Crippen molar-refractivity contribution in [3.8, 4) is 0 Å². The van der Waals surface area contributed by atoms with Gasteiger partial charge in [0.15, 0.2) is 0 Å². The molecule has 0 heterocycles. The van der Waals surface area contributed by atoms with E-state index in [0.717, 1.165) is 13.0 Å². The predicted octanol–water partition coefficient (Wildman–Crippen LogP) is 0.530. The van der Waals surface area contributed by atoms with Crippen LogP contribution in [-0.4, -0.2) is 41.1 Å². The zero-order valence-corrected chi connectivity index (χ0v) is 7.04. The Kier molecular flexibility index (Phi) is 9.90. The van der Waals surface area contributed by atoms with Gasteiger partial charge in [-0.15, -0.1) is 0 Å². The summed E-state index contributed by atoms with van der Waals surface area (Å²) in [5, 5.41) is 0. The molecule has 0 aliphatic heterocycles. The van der Waals surface area contributed by atoms with Crippen LogP contribution >= 0.6 is 0 Å². The van der Waals surface area contributed by atoms with Crippen LogP contribution in [0.1, 0.15) is 13.3 Å². The van der Waals surface area contributed by atoms with E-state index in [-0.39, 0.29) is 0 Å². The highest BCUT2D eigenvalue weighted by Gasteiger charge is 1.87. The summed E-state index contributed by atoms with van der Waals surface area (Å²) in [4.78, 5) is 0. The van der Waals surface area contributed by atoms with Crippen LogP contribution in [0, 0.1) is 0 Å². The van der Waals surface area contributed by atoms with Crippen LogP contribution in [0.15, 0.2) is 0 Å². The zero-order chi connectivity index (χ0) is 8.36. The van der Waals surface area contributed by atoms with Crippen molar-refractivity contribution >= 4 is 8.05 Å². The number of rotatable bonds is 8. The Morgan fingerprint density at radius 2 is 1.45 bits per heavy atom. The topological polar surface area (TPSA) is 27.7 Å². The van der Waals surface area contributed by atoms with Crippen molar-refractivity contribution in [2.45, 2.75) is 13.3 Å². The summed E-state index contributed by atoms with van der Waals surface area (Å²) in [6.45, 7) is 5.11. The molecule has 0 saturated carbocycles. The number of ether oxygens (including phenoxy) is 2. The minimum absolute atomic E-state index is 0.438. The molecule has 0 fully saturated rings. The summed E-state index contributed by atoms with van der Waals surface area (Å²) < 4.78 is 14.6. The van der Waals surface area contributed by atoms with Gasteiger partial charge >= 0.3 is 0 Å². The molecule has 0 saturated heterocycles. The summed E-state index contributed by atoms with van der Waals surface area (Å²) in [5.74, 6) is 0. The van der Waals surface area contributed by atoms with Crippen LogP contribution in [0.25, 0.3) is 0 Å². The highest BCUT2D eigenvalue weighted by Crippen LogP contribution is 1.81. The molecule has 0 aromatic carbocycles. The molecule has 0 aromatic rings. The molecule has 0 bridgehead atoms. The minimum atomic E-state index is 0.438. The van der Waals surface area contributed by atoms with E-state index in [4.69, 9.17) is 17.5 Å². The van der Waals surface area contributed by atoms with Gasteiger partial charge in [0.2, 0.25) is 0 Å². The fourth-order valence-electron chi connectivity index (χ4n) is 0.573. The van der Waals surface area contributed by atoms with E-state index in [2.05, 4.69) is 11.6 Å². The summed E-state index contributed by atoms with van der Waals surface area (Å²) in [6.07, 6.45) is 1.05. The van der Waals surface area contributed by atoms with Gasteiger partial charge in [-0.05, 0) is 6.42 Å². The van der Waals surface area contributed by atoms with E-state index >= 15 is 0 Å². The van der Waals surface area contributed by atoms with Gasteiger partial charge in [-0.1, -0.05) is 6.92 Å². The Morgan fingerprint density at radius 3 is 2.00 bits per heavy atom. The third kappa shape index (κ3) is 9.94. The standard InChI is InChI=1S/C7H15BO3/c1-2-3-9-4-5-10-6-7-11-8/h2-7H2,1H3. The van der Waals surface area contributed by atoms with E-state index in [0.29, 0.717) is 26.4 Å². The molecule has 0 rings (SSSR count). The van der Waals surface area contributed by atoms with Crippen molar-refractivity contribution in [2.24, 2.45) is 0 Å². The maximum atomic E-state index is 5.17. The van der Waals surface area contributed by atoms with Gasteiger partial charge in [-0.25, -0.2) is 0 Å². The summed E-state index contributed by atoms with van der Waals surface area (Å²) in [5.41, 5.74) is 0. The first kappa shape index (κ1) is 10.9. The van der Waals surface area contributed by atoms with Gasteiger partial charge in [-0.2, -0.15) is 0 Å². The van der Waals surface area contributed by atoms with Crippen LogP contribution in [0.3, 0.4) is 0 Å². The Balaban J connectivity index is 2.69. The lowest BCUT2D eigenvalue weighted by molar-refractivity contribution is 0.0376. The molecule has 0 unspecified atom stereocenters. The van der Waals surface area contributed by atoms with E-state index < -0.39 is 0 Å². The van der Waals surface area contributed by atoms with Crippen molar-refractivity contribution in [1.29, 1.82) is 0 Å². The molecular formula is C7H15BO3. The lowest BCUT2D eigenvalue weighted by Crippen LogP contribution is -2.08. The third-order valence-electron chi connectivity index (χ3n) is 1.07. The second-order valence-electron chi connectivity index (χ2n) is 2.10. The van der Waals surface area contributed by atoms with Gasteiger partial charge in [0, 0.05) is 6.61 Å².